The second-order valence-electron chi connectivity index (χ2n) is 3.93. The lowest BCUT2D eigenvalue weighted by Crippen LogP contribution is -2.19. The summed E-state index contributed by atoms with van der Waals surface area (Å²) in [5.74, 6) is 0.0290. The Morgan fingerprint density at radius 3 is 2.94 bits per heavy atom. The number of hydrogen-bond donors (Lipinski definition) is 1. The van der Waals surface area contributed by atoms with Crippen LogP contribution in [-0.4, -0.2) is 28.8 Å². The Hall–Kier alpha value is -1.68. The van der Waals surface area contributed by atoms with Gasteiger partial charge in [0.1, 0.15) is 11.3 Å². The number of aryl methyl sites for hydroxylation is 2. The molecule has 1 N–H and O–H groups in total. The van der Waals surface area contributed by atoms with Crippen LogP contribution in [0, 0.1) is 13.8 Å². The molecule has 0 aliphatic heterocycles. The summed E-state index contributed by atoms with van der Waals surface area (Å²) in [5.41, 5.74) is 3.43. The van der Waals surface area contributed by atoms with Crippen LogP contribution in [0.3, 0.4) is 0 Å². The molecule has 0 unspecified atom stereocenters. The highest BCUT2D eigenvalue weighted by Crippen LogP contribution is 2.13. The first-order chi connectivity index (χ1) is 7.63. The lowest BCUT2D eigenvalue weighted by molar-refractivity contribution is 0.0989. The van der Waals surface area contributed by atoms with Crippen molar-refractivity contribution in [3.05, 3.63) is 35.3 Å². The van der Waals surface area contributed by atoms with Gasteiger partial charge in [-0.15, -0.1) is 0 Å². The maximum Gasteiger partial charge on any atom is 0.196 e. The van der Waals surface area contributed by atoms with Gasteiger partial charge in [-0.25, -0.2) is 4.98 Å². The summed E-state index contributed by atoms with van der Waals surface area (Å²) >= 11 is 0. The predicted molar refractivity (Wildman–Crippen MR) is 62.9 cm³/mol. The van der Waals surface area contributed by atoms with Crippen molar-refractivity contribution < 1.29 is 4.79 Å². The monoisotopic (exact) mass is 217 g/mol. The topological polar surface area (TPSA) is 46.4 Å². The zero-order valence-electron chi connectivity index (χ0n) is 9.74. The van der Waals surface area contributed by atoms with Gasteiger partial charge < -0.3 is 9.72 Å². The van der Waals surface area contributed by atoms with Crippen LogP contribution >= 0.6 is 0 Å². The first-order valence-electron chi connectivity index (χ1n) is 5.26. The lowest BCUT2D eigenvalue weighted by atomic mass is 10.2. The van der Waals surface area contributed by atoms with E-state index in [0.717, 1.165) is 16.9 Å². The van der Waals surface area contributed by atoms with E-state index in [-0.39, 0.29) is 5.78 Å². The van der Waals surface area contributed by atoms with Gasteiger partial charge >= 0.3 is 0 Å². The minimum Gasteiger partial charge on any atom is -0.313 e. The van der Waals surface area contributed by atoms with Crippen LogP contribution in [0.25, 0.3) is 5.65 Å². The Bertz CT molecular complexity index is 542. The summed E-state index contributed by atoms with van der Waals surface area (Å²) < 4.78 is 1.94. The molecule has 0 bridgehead atoms. The number of carbonyl (C=O) groups is 1. The number of nitrogens with one attached hydrogen (secondary N) is 1. The molecule has 0 spiro atoms. The Balaban J connectivity index is 2.55. The normalized spacial score (nSPS) is 10.9. The molecule has 84 valence electrons. The minimum atomic E-state index is 0.0290. The molecule has 0 fully saturated rings. The largest absolute Gasteiger partial charge is 0.313 e. The van der Waals surface area contributed by atoms with Crippen molar-refractivity contribution in [3.63, 3.8) is 0 Å². The molecule has 4 nitrogen and oxygen atoms in total. The third-order valence-corrected chi connectivity index (χ3v) is 2.62. The molecule has 2 rings (SSSR count). The minimum absolute atomic E-state index is 0.0290. The van der Waals surface area contributed by atoms with Gasteiger partial charge in [0.2, 0.25) is 0 Å². The van der Waals surface area contributed by atoms with Gasteiger partial charge in [0, 0.05) is 6.20 Å². The van der Waals surface area contributed by atoms with Crippen LogP contribution in [0.2, 0.25) is 0 Å². The van der Waals surface area contributed by atoms with Crippen molar-refractivity contribution in [2.24, 2.45) is 0 Å². The van der Waals surface area contributed by atoms with Crippen molar-refractivity contribution in [1.29, 1.82) is 0 Å². The van der Waals surface area contributed by atoms with E-state index in [2.05, 4.69) is 10.3 Å². The zero-order chi connectivity index (χ0) is 11.7. The summed E-state index contributed by atoms with van der Waals surface area (Å²) in [6.07, 6.45) is 1.95. The maximum absolute atomic E-state index is 11.8. The Morgan fingerprint density at radius 2 is 2.25 bits per heavy atom. The number of pyridine rings is 1. The first kappa shape index (κ1) is 10.8. The van der Waals surface area contributed by atoms with Crippen molar-refractivity contribution in [2.75, 3.05) is 13.6 Å². The molecule has 0 aromatic carbocycles. The molecule has 0 aliphatic rings. The second-order valence-corrected chi connectivity index (χ2v) is 3.93. The number of Topliss-reactive ketones (excluding diaryl/α,β-unsaturated/α-hetero) is 1. The molecule has 4 heteroatoms. The number of aromatic nitrogens is 2. The van der Waals surface area contributed by atoms with E-state index in [0.29, 0.717) is 12.2 Å². The molecule has 2 aromatic rings. The molecule has 2 aromatic heterocycles. The Morgan fingerprint density at radius 1 is 1.50 bits per heavy atom. The standard InChI is InChI=1S/C12H15N3O/c1-8-4-5-15-9(2)12(10(16)7-13-3)14-11(15)6-8/h4-6,13H,7H2,1-3H3. The van der Waals surface area contributed by atoms with E-state index in [1.165, 1.54) is 0 Å². The number of likely N-dealkylation sites (N-methyl/N-ethyl adjacent to an activating group) is 1. The average molecular weight is 217 g/mol. The fourth-order valence-corrected chi connectivity index (χ4v) is 1.78. The highest BCUT2D eigenvalue weighted by molar-refractivity contribution is 5.97. The number of rotatable bonds is 3. The molecule has 0 amide bonds. The second kappa shape index (κ2) is 4.06. The third kappa shape index (κ3) is 1.72. The van der Waals surface area contributed by atoms with Crippen LogP contribution < -0.4 is 5.32 Å². The number of ketones is 1. The molecule has 2 heterocycles. The smallest absolute Gasteiger partial charge is 0.196 e. The van der Waals surface area contributed by atoms with E-state index in [1.807, 2.05) is 36.6 Å². The van der Waals surface area contributed by atoms with Crippen LogP contribution in [0.4, 0.5) is 0 Å². The van der Waals surface area contributed by atoms with E-state index < -0.39 is 0 Å². The summed E-state index contributed by atoms with van der Waals surface area (Å²) in [4.78, 5) is 16.1. The molecule has 16 heavy (non-hydrogen) atoms. The Kier molecular flexibility index (Phi) is 2.75. The van der Waals surface area contributed by atoms with Gasteiger partial charge in [-0.05, 0) is 38.6 Å². The van der Waals surface area contributed by atoms with E-state index >= 15 is 0 Å². The molecular formula is C12H15N3O. The zero-order valence-corrected chi connectivity index (χ0v) is 9.74. The summed E-state index contributed by atoms with van der Waals surface area (Å²) in [7, 11) is 1.76. The van der Waals surface area contributed by atoms with E-state index in [1.54, 1.807) is 7.05 Å². The summed E-state index contributed by atoms with van der Waals surface area (Å²) in [6, 6.07) is 3.98. The maximum atomic E-state index is 11.8. The lowest BCUT2D eigenvalue weighted by Gasteiger charge is -1.98. The van der Waals surface area contributed by atoms with Gasteiger partial charge in [-0.2, -0.15) is 0 Å². The number of imidazole rings is 1. The predicted octanol–water partition coefficient (Wildman–Crippen LogP) is 1.35. The van der Waals surface area contributed by atoms with E-state index in [9.17, 15) is 4.79 Å². The van der Waals surface area contributed by atoms with Crippen LogP contribution in [0.1, 0.15) is 21.7 Å². The molecule has 0 radical (unpaired) electrons. The van der Waals surface area contributed by atoms with Gasteiger partial charge in [0.25, 0.3) is 0 Å². The van der Waals surface area contributed by atoms with Crippen molar-refractivity contribution >= 4 is 11.4 Å². The van der Waals surface area contributed by atoms with Crippen molar-refractivity contribution in [2.45, 2.75) is 13.8 Å². The fraction of sp³-hybridized carbons (Fsp3) is 0.333. The Labute approximate surface area is 94.3 Å². The van der Waals surface area contributed by atoms with Crippen LogP contribution in [0.15, 0.2) is 18.3 Å². The molecule has 0 aliphatic carbocycles. The molecular weight excluding hydrogens is 202 g/mol. The van der Waals surface area contributed by atoms with Gasteiger partial charge in [-0.3, -0.25) is 4.79 Å². The number of nitrogens with zero attached hydrogens (tertiary/aromatic N) is 2. The van der Waals surface area contributed by atoms with Crippen molar-refractivity contribution in [3.8, 4) is 0 Å². The third-order valence-electron chi connectivity index (χ3n) is 2.62. The fourth-order valence-electron chi connectivity index (χ4n) is 1.78. The molecule has 0 atom stereocenters. The highest BCUT2D eigenvalue weighted by Gasteiger charge is 2.14. The SMILES string of the molecule is CNCC(=O)c1nc2cc(C)ccn2c1C. The van der Waals surface area contributed by atoms with Crippen LogP contribution in [-0.2, 0) is 0 Å². The van der Waals surface area contributed by atoms with Gasteiger partial charge in [0.05, 0.1) is 12.2 Å². The highest BCUT2D eigenvalue weighted by atomic mass is 16.1. The molecule has 0 saturated heterocycles. The van der Waals surface area contributed by atoms with E-state index in [4.69, 9.17) is 0 Å². The average Bonchev–Trinajstić information content (AvgIpc) is 2.56. The molecule has 0 saturated carbocycles. The number of hydrogen-bond acceptors (Lipinski definition) is 3. The first-order valence-corrected chi connectivity index (χ1v) is 5.26. The number of carbonyl (C=O) groups excluding carboxylic acids is 1. The number of fused-ring (bicyclic) bond motifs is 1. The summed E-state index contributed by atoms with van der Waals surface area (Å²) in [5, 5.41) is 2.85. The van der Waals surface area contributed by atoms with Crippen molar-refractivity contribution in [1.82, 2.24) is 14.7 Å². The van der Waals surface area contributed by atoms with Crippen LogP contribution in [0.5, 0.6) is 0 Å². The quantitative estimate of drug-likeness (QED) is 0.789. The summed E-state index contributed by atoms with van der Waals surface area (Å²) in [6.45, 7) is 4.25. The van der Waals surface area contributed by atoms with Gasteiger partial charge in [0.15, 0.2) is 5.78 Å². The van der Waals surface area contributed by atoms with Gasteiger partial charge in [-0.1, -0.05) is 0 Å².